The molecule has 3 heteroatoms. The number of anilines is 2. The molecule has 2 N–H and O–H groups in total. The third-order valence-electron chi connectivity index (χ3n) is 3.24. The molecule has 0 atom stereocenters. The van der Waals surface area contributed by atoms with Crippen molar-refractivity contribution in [1.82, 2.24) is 0 Å². The van der Waals surface area contributed by atoms with Gasteiger partial charge in [-0.3, -0.25) is 0 Å². The van der Waals surface area contributed by atoms with Crippen molar-refractivity contribution < 1.29 is 0 Å². The first-order chi connectivity index (χ1) is 9.11. The van der Waals surface area contributed by atoms with Gasteiger partial charge in [0.25, 0.3) is 0 Å². The summed E-state index contributed by atoms with van der Waals surface area (Å²) in [6.45, 7) is 2.90. The van der Waals surface area contributed by atoms with Crippen molar-refractivity contribution in [2.45, 2.75) is 13.5 Å². The Hall–Kier alpha value is -2.47. The fourth-order valence-electron chi connectivity index (χ4n) is 2.10. The predicted molar refractivity (Wildman–Crippen MR) is 78.9 cm³/mol. The number of nitrogens with two attached hydrogens (primary N) is 1. The standard InChI is InChI=1S/C16H17N3/c1-12-5-3-4-6-14(12)11-19(2)16-8-7-13(10-17)9-15(16)18/h3-9H,11,18H2,1-2H3. The number of rotatable bonds is 3. The molecule has 96 valence electrons. The van der Waals surface area contributed by atoms with E-state index in [-0.39, 0.29) is 0 Å². The van der Waals surface area contributed by atoms with E-state index in [1.54, 1.807) is 12.1 Å². The molecule has 0 spiro atoms. The lowest BCUT2D eigenvalue weighted by Gasteiger charge is -2.22. The molecule has 2 aromatic carbocycles. The van der Waals surface area contributed by atoms with Crippen molar-refractivity contribution in [1.29, 1.82) is 5.26 Å². The molecule has 0 amide bonds. The van der Waals surface area contributed by atoms with Crippen LogP contribution in [0.5, 0.6) is 0 Å². The normalized spacial score (nSPS) is 9.95. The maximum absolute atomic E-state index is 8.84. The summed E-state index contributed by atoms with van der Waals surface area (Å²) < 4.78 is 0. The first-order valence-corrected chi connectivity index (χ1v) is 6.17. The number of benzene rings is 2. The summed E-state index contributed by atoms with van der Waals surface area (Å²) in [6.07, 6.45) is 0. The van der Waals surface area contributed by atoms with Crippen molar-refractivity contribution in [3.8, 4) is 6.07 Å². The van der Waals surface area contributed by atoms with Gasteiger partial charge >= 0.3 is 0 Å². The van der Waals surface area contributed by atoms with E-state index in [0.29, 0.717) is 11.3 Å². The largest absolute Gasteiger partial charge is 0.397 e. The molecule has 0 bridgehead atoms. The molecule has 0 aliphatic carbocycles. The Kier molecular flexibility index (Phi) is 3.72. The van der Waals surface area contributed by atoms with Crippen LogP contribution in [0, 0.1) is 18.3 Å². The van der Waals surface area contributed by atoms with E-state index in [2.05, 4.69) is 30.0 Å². The molecule has 2 aromatic rings. The molecule has 2 rings (SSSR count). The van der Waals surface area contributed by atoms with E-state index in [4.69, 9.17) is 11.0 Å². The molecule has 0 aliphatic heterocycles. The van der Waals surface area contributed by atoms with Gasteiger partial charge in [-0.1, -0.05) is 24.3 Å². The summed E-state index contributed by atoms with van der Waals surface area (Å²) in [7, 11) is 2.00. The monoisotopic (exact) mass is 251 g/mol. The third-order valence-corrected chi connectivity index (χ3v) is 3.24. The predicted octanol–water partition coefficient (Wildman–Crippen LogP) is 3.09. The van der Waals surface area contributed by atoms with Crippen molar-refractivity contribution in [2.24, 2.45) is 0 Å². The maximum atomic E-state index is 8.84. The minimum atomic E-state index is 0.588. The molecular weight excluding hydrogens is 234 g/mol. The number of nitrogens with zero attached hydrogens (tertiary/aromatic N) is 2. The second kappa shape index (κ2) is 5.45. The van der Waals surface area contributed by atoms with Gasteiger partial charge in [-0.05, 0) is 36.2 Å². The average molecular weight is 251 g/mol. The van der Waals surface area contributed by atoms with Gasteiger partial charge in [0.1, 0.15) is 0 Å². The summed E-state index contributed by atoms with van der Waals surface area (Å²) in [6, 6.07) is 15.8. The van der Waals surface area contributed by atoms with Crippen LogP contribution >= 0.6 is 0 Å². The summed E-state index contributed by atoms with van der Waals surface area (Å²) in [5, 5.41) is 8.84. The maximum Gasteiger partial charge on any atom is 0.0992 e. The van der Waals surface area contributed by atoms with E-state index in [9.17, 15) is 0 Å². The smallest absolute Gasteiger partial charge is 0.0992 e. The van der Waals surface area contributed by atoms with Crippen LogP contribution in [0.2, 0.25) is 0 Å². The molecule has 0 heterocycles. The summed E-state index contributed by atoms with van der Waals surface area (Å²) in [4.78, 5) is 2.10. The highest BCUT2D eigenvalue weighted by Crippen LogP contribution is 2.25. The number of nitrogen functional groups attached to an aromatic ring is 1. The van der Waals surface area contributed by atoms with E-state index in [1.807, 2.05) is 25.2 Å². The van der Waals surface area contributed by atoms with E-state index >= 15 is 0 Å². The van der Waals surface area contributed by atoms with Crippen LogP contribution in [0.15, 0.2) is 42.5 Å². The lowest BCUT2D eigenvalue weighted by Crippen LogP contribution is -2.18. The molecular formula is C16H17N3. The minimum absolute atomic E-state index is 0.588. The third kappa shape index (κ3) is 2.86. The van der Waals surface area contributed by atoms with Crippen LogP contribution in [-0.2, 0) is 6.54 Å². The zero-order valence-electron chi connectivity index (χ0n) is 11.2. The van der Waals surface area contributed by atoms with Crippen LogP contribution in [0.1, 0.15) is 16.7 Å². The van der Waals surface area contributed by atoms with Crippen molar-refractivity contribution in [3.63, 3.8) is 0 Å². The number of aryl methyl sites for hydroxylation is 1. The lowest BCUT2D eigenvalue weighted by atomic mass is 10.1. The van der Waals surface area contributed by atoms with Gasteiger partial charge in [0.2, 0.25) is 0 Å². The molecule has 0 saturated carbocycles. The summed E-state index contributed by atoms with van der Waals surface area (Å²) in [5.74, 6) is 0. The SMILES string of the molecule is Cc1ccccc1CN(C)c1ccc(C#N)cc1N. The Morgan fingerprint density at radius 3 is 2.58 bits per heavy atom. The van der Waals surface area contributed by atoms with Gasteiger partial charge < -0.3 is 10.6 Å². The Morgan fingerprint density at radius 2 is 1.95 bits per heavy atom. The van der Waals surface area contributed by atoms with E-state index in [1.165, 1.54) is 11.1 Å². The fraction of sp³-hybridized carbons (Fsp3) is 0.188. The Balaban J connectivity index is 2.24. The van der Waals surface area contributed by atoms with Crippen molar-refractivity contribution >= 4 is 11.4 Å². The summed E-state index contributed by atoms with van der Waals surface area (Å²) >= 11 is 0. The van der Waals surface area contributed by atoms with E-state index < -0.39 is 0 Å². The van der Waals surface area contributed by atoms with Crippen molar-refractivity contribution in [2.75, 3.05) is 17.7 Å². The zero-order valence-corrected chi connectivity index (χ0v) is 11.2. The molecule has 0 aromatic heterocycles. The highest BCUT2D eigenvalue weighted by molar-refractivity contribution is 5.69. The number of hydrogen-bond donors (Lipinski definition) is 1. The minimum Gasteiger partial charge on any atom is -0.397 e. The molecule has 3 nitrogen and oxygen atoms in total. The van der Waals surface area contributed by atoms with Crippen LogP contribution in [0.4, 0.5) is 11.4 Å². The Labute approximate surface area is 113 Å². The van der Waals surface area contributed by atoms with Gasteiger partial charge in [-0.2, -0.15) is 5.26 Å². The molecule has 0 unspecified atom stereocenters. The quantitative estimate of drug-likeness (QED) is 0.853. The molecule has 0 fully saturated rings. The van der Waals surface area contributed by atoms with Gasteiger partial charge in [0, 0.05) is 13.6 Å². The molecule has 19 heavy (non-hydrogen) atoms. The second-order valence-corrected chi connectivity index (χ2v) is 4.67. The number of hydrogen-bond acceptors (Lipinski definition) is 3. The van der Waals surface area contributed by atoms with Crippen LogP contribution in [0.3, 0.4) is 0 Å². The van der Waals surface area contributed by atoms with Crippen molar-refractivity contribution in [3.05, 3.63) is 59.2 Å². The number of nitriles is 1. The molecule has 0 radical (unpaired) electrons. The zero-order chi connectivity index (χ0) is 13.8. The molecule has 0 saturated heterocycles. The second-order valence-electron chi connectivity index (χ2n) is 4.67. The molecule has 0 aliphatic rings. The van der Waals surface area contributed by atoms with E-state index in [0.717, 1.165) is 12.2 Å². The van der Waals surface area contributed by atoms with Crippen LogP contribution in [0.25, 0.3) is 0 Å². The van der Waals surface area contributed by atoms with Gasteiger partial charge in [0.05, 0.1) is 23.0 Å². The summed E-state index contributed by atoms with van der Waals surface area (Å²) in [5.41, 5.74) is 10.7. The van der Waals surface area contributed by atoms with Gasteiger partial charge in [-0.15, -0.1) is 0 Å². The Bertz CT molecular complexity index is 626. The Morgan fingerprint density at radius 1 is 1.21 bits per heavy atom. The highest BCUT2D eigenvalue weighted by atomic mass is 15.1. The fourth-order valence-corrected chi connectivity index (χ4v) is 2.10. The van der Waals surface area contributed by atoms with Gasteiger partial charge in [-0.25, -0.2) is 0 Å². The highest BCUT2D eigenvalue weighted by Gasteiger charge is 2.08. The van der Waals surface area contributed by atoms with Gasteiger partial charge in [0.15, 0.2) is 0 Å². The first kappa shape index (κ1) is 13.0. The average Bonchev–Trinajstić information content (AvgIpc) is 2.41. The van der Waals surface area contributed by atoms with Crippen LogP contribution < -0.4 is 10.6 Å². The topological polar surface area (TPSA) is 53.0 Å². The first-order valence-electron chi connectivity index (χ1n) is 6.17. The van der Waals surface area contributed by atoms with Crippen LogP contribution in [-0.4, -0.2) is 7.05 Å². The lowest BCUT2D eigenvalue weighted by molar-refractivity contribution is 0.916.